The summed E-state index contributed by atoms with van der Waals surface area (Å²) in [6.45, 7) is 1.39. The molecular formula is C9H13NO2. The molecule has 3 heteroatoms. The van der Waals surface area contributed by atoms with Crippen molar-refractivity contribution in [2.75, 3.05) is 20.3 Å². The first-order valence-corrected chi connectivity index (χ1v) is 3.93. The number of carbonyl (C=O) groups excluding carboxylic acids is 1. The third-order valence-electron chi connectivity index (χ3n) is 1.77. The minimum absolute atomic E-state index is 0.120. The molecule has 66 valence electrons. The molecule has 0 aromatic heterocycles. The van der Waals surface area contributed by atoms with Crippen LogP contribution in [-0.4, -0.2) is 37.5 Å². The van der Waals surface area contributed by atoms with Gasteiger partial charge >= 0.3 is 0 Å². The van der Waals surface area contributed by atoms with Gasteiger partial charge in [0.1, 0.15) is 12.3 Å². The van der Waals surface area contributed by atoms with Gasteiger partial charge in [0, 0.05) is 19.9 Å². The standard InChI is InChI=1S/C9H13NO2/c1-12-7-6-10-5-3-2-4-9(10)8-11/h2-5,8-9H,6-7H2,1H3. The normalized spacial score (nSPS) is 21.4. The van der Waals surface area contributed by atoms with Gasteiger partial charge in [0.25, 0.3) is 0 Å². The Kier molecular flexibility index (Phi) is 3.54. The lowest BCUT2D eigenvalue weighted by Crippen LogP contribution is -2.34. The van der Waals surface area contributed by atoms with E-state index in [1.807, 2.05) is 29.3 Å². The van der Waals surface area contributed by atoms with E-state index in [9.17, 15) is 4.79 Å². The van der Waals surface area contributed by atoms with Gasteiger partial charge in [0.05, 0.1) is 6.61 Å². The van der Waals surface area contributed by atoms with Gasteiger partial charge in [-0.05, 0) is 6.08 Å². The van der Waals surface area contributed by atoms with Crippen molar-refractivity contribution in [1.29, 1.82) is 0 Å². The van der Waals surface area contributed by atoms with E-state index in [1.54, 1.807) is 7.11 Å². The van der Waals surface area contributed by atoms with Crippen molar-refractivity contribution in [3.63, 3.8) is 0 Å². The van der Waals surface area contributed by atoms with Gasteiger partial charge in [-0.15, -0.1) is 0 Å². The summed E-state index contributed by atoms with van der Waals surface area (Å²) >= 11 is 0. The highest BCUT2D eigenvalue weighted by molar-refractivity contribution is 5.62. The molecule has 0 saturated heterocycles. The van der Waals surface area contributed by atoms with Crippen molar-refractivity contribution in [1.82, 2.24) is 4.90 Å². The Bertz CT molecular complexity index is 199. The SMILES string of the molecule is COCCN1C=CC=CC1C=O. The van der Waals surface area contributed by atoms with Gasteiger partial charge in [-0.2, -0.15) is 0 Å². The van der Waals surface area contributed by atoms with Crippen LogP contribution in [0.15, 0.2) is 24.4 Å². The van der Waals surface area contributed by atoms with Crippen molar-refractivity contribution in [2.45, 2.75) is 6.04 Å². The minimum Gasteiger partial charge on any atom is -0.383 e. The fraction of sp³-hybridized carbons (Fsp3) is 0.444. The zero-order valence-corrected chi connectivity index (χ0v) is 7.14. The van der Waals surface area contributed by atoms with Gasteiger partial charge in [0.2, 0.25) is 0 Å². The summed E-state index contributed by atoms with van der Waals surface area (Å²) in [6, 6.07) is -0.120. The molecule has 0 bridgehead atoms. The quantitative estimate of drug-likeness (QED) is 0.574. The molecule has 12 heavy (non-hydrogen) atoms. The highest BCUT2D eigenvalue weighted by Crippen LogP contribution is 2.05. The third kappa shape index (κ3) is 2.20. The molecule has 1 unspecified atom stereocenters. The Morgan fingerprint density at radius 1 is 1.58 bits per heavy atom. The van der Waals surface area contributed by atoms with E-state index in [1.165, 1.54) is 0 Å². The van der Waals surface area contributed by atoms with Crippen LogP contribution in [0.4, 0.5) is 0 Å². The molecule has 3 nitrogen and oxygen atoms in total. The average molecular weight is 167 g/mol. The molecule has 0 amide bonds. The molecular weight excluding hydrogens is 154 g/mol. The van der Waals surface area contributed by atoms with Crippen molar-refractivity contribution >= 4 is 6.29 Å². The molecule has 0 aromatic carbocycles. The first-order valence-electron chi connectivity index (χ1n) is 3.93. The summed E-state index contributed by atoms with van der Waals surface area (Å²) < 4.78 is 4.92. The maximum Gasteiger partial charge on any atom is 0.146 e. The van der Waals surface area contributed by atoms with E-state index >= 15 is 0 Å². The largest absolute Gasteiger partial charge is 0.383 e. The zero-order chi connectivity index (χ0) is 8.81. The van der Waals surface area contributed by atoms with E-state index < -0.39 is 0 Å². The van der Waals surface area contributed by atoms with Crippen molar-refractivity contribution < 1.29 is 9.53 Å². The fourth-order valence-electron chi connectivity index (χ4n) is 1.09. The Morgan fingerprint density at radius 2 is 2.42 bits per heavy atom. The number of nitrogens with zero attached hydrogens (tertiary/aromatic N) is 1. The molecule has 0 radical (unpaired) electrons. The summed E-state index contributed by atoms with van der Waals surface area (Å²) in [5.41, 5.74) is 0. The van der Waals surface area contributed by atoms with Crippen LogP contribution in [0.2, 0.25) is 0 Å². The highest BCUT2D eigenvalue weighted by Gasteiger charge is 2.11. The Balaban J connectivity index is 2.44. The monoisotopic (exact) mass is 167 g/mol. The summed E-state index contributed by atoms with van der Waals surface area (Å²) in [5, 5.41) is 0. The lowest BCUT2D eigenvalue weighted by molar-refractivity contribution is -0.110. The molecule has 1 atom stereocenters. The topological polar surface area (TPSA) is 29.5 Å². The molecule has 0 fully saturated rings. The van der Waals surface area contributed by atoms with E-state index in [-0.39, 0.29) is 6.04 Å². The predicted octanol–water partition coefficient (Wildman–Crippen LogP) is 0.586. The first kappa shape index (κ1) is 9.00. The second kappa shape index (κ2) is 4.72. The number of hydrogen-bond acceptors (Lipinski definition) is 3. The molecule has 1 aliphatic rings. The van der Waals surface area contributed by atoms with Crippen LogP contribution in [-0.2, 0) is 9.53 Å². The Hall–Kier alpha value is -1.09. The fourth-order valence-corrected chi connectivity index (χ4v) is 1.09. The van der Waals surface area contributed by atoms with Crippen LogP contribution in [0.1, 0.15) is 0 Å². The molecule has 0 aromatic rings. The molecule has 1 heterocycles. The molecule has 0 aliphatic carbocycles. The van der Waals surface area contributed by atoms with Crippen LogP contribution in [0, 0.1) is 0 Å². The summed E-state index contributed by atoms with van der Waals surface area (Å²) in [5.74, 6) is 0. The third-order valence-corrected chi connectivity index (χ3v) is 1.77. The number of methoxy groups -OCH3 is 1. The van der Waals surface area contributed by atoms with Gasteiger partial charge in [-0.3, -0.25) is 0 Å². The van der Waals surface area contributed by atoms with Crippen LogP contribution >= 0.6 is 0 Å². The zero-order valence-electron chi connectivity index (χ0n) is 7.14. The number of allylic oxidation sites excluding steroid dienone is 2. The first-order chi connectivity index (χ1) is 5.88. The number of rotatable bonds is 4. The minimum atomic E-state index is -0.120. The van der Waals surface area contributed by atoms with Gasteiger partial charge in [0.15, 0.2) is 0 Å². The lowest BCUT2D eigenvalue weighted by Gasteiger charge is -2.25. The van der Waals surface area contributed by atoms with Gasteiger partial charge in [-0.1, -0.05) is 12.2 Å². The molecule has 0 saturated carbocycles. The predicted molar refractivity (Wildman–Crippen MR) is 46.7 cm³/mol. The Morgan fingerprint density at radius 3 is 3.08 bits per heavy atom. The maximum atomic E-state index is 10.6. The summed E-state index contributed by atoms with van der Waals surface area (Å²) in [7, 11) is 1.65. The highest BCUT2D eigenvalue weighted by atomic mass is 16.5. The van der Waals surface area contributed by atoms with E-state index in [0.717, 1.165) is 12.8 Å². The molecule has 0 N–H and O–H groups in total. The lowest BCUT2D eigenvalue weighted by atomic mass is 10.2. The summed E-state index contributed by atoms with van der Waals surface area (Å²) in [4.78, 5) is 12.5. The molecule has 1 rings (SSSR count). The molecule has 1 aliphatic heterocycles. The second-order valence-corrected chi connectivity index (χ2v) is 2.58. The van der Waals surface area contributed by atoms with Crippen LogP contribution in [0.5, 0.6) is 0 Å². The summed E-state index contributed by atoms with van der Waals surface area (Å²) in [6.07, 6.45) is 8.48. The van der Waals surface area contributed by atoms with Crippen LogP contribution < -0.4 is 0 Å². The van der Waals surface area contributed by atoms with Gasteiger partial charge in [-0.25, -0.2) is 0 Å². The van der Waals surface area contributed by atoms with Crippen molar-refractivity contribution in [2.24, 2.45) is 0 Å². The van der Waals surface area contributed by atoms with Crippen LogP contribution in [0.3, 0.4) is 0 Å². The van der Waals surface area contributed by atoms with Crippen molar-refractivity contribution in [3.8, 4) is 0 Å². The van der Waals surface area contributed by atoms with E-state index in [2.05, 4.69) is 0 Å². The van der Waals surface area contributed by atoms with E-state index in [4.69, 9.17) is 4.74 Å². The van der Waals surface area contributed by atoms with Gasteiger partial charge < -0.3 is 14.4 Å². The van der Waals surface area contributed by atoms with Crippen LogP contribution in [0.25, 0.3) is 0 Å². The number of hydrogen-bond donors (Lipinski definition) is 0. The Labute approximate surface area is 72.3 Å². The smallest absolute Gasteiger partial charge is 0.146 e. The number of aldehydes is 1. The maximum absolute atomic E-state index is 10.6. The average Bonchev–Trinajstić information content (AvgIpc) is 2.15. The van der Waals surface area contributed by atoms with Crippen molar-refractivity contribution in [3.05, 3.63) is 24.4 Å². The van der Waals surface area contributed by atoms with E-state index in [0.29, 0.717) is 6.61 Å². The second-order valence-electron chi connectivity index (χ2n) is 2.58. The number of carbonyl (C=O) groups is 1. The molecule has 0 spiro atoms. The number of ether oxygens (including phenoxy) is 1.